The zero-order valence-electron chi connectivity index (χ0n) is 11.3. The van der Waals surface area contributed by atoms with Crippen LogP contribution in [0.2, 0.25) is 0 Å². The summed E-state index contributed by atoms with van der Waals surface area (Å²) in [6.07, 6.45) is 4.77. The highest BCUT2D eigenvalue weighted by atomic mass is 79.9. The third kappa shape index (κ3) is 4.61. The zero-order valence-corrected chi connectivity index (χ0v) is 13.7. The predicted octanol–water partition coefficient (Wildman–Crippen LogP) is 3.39. The number of aromatic nitrogens is 2. The van der Waals surface area contributed by atoms with E-state index in [0.29, 0.717) is 5.11 Å². The molecule has 0 aliphatic rings. The van der Waals surface area contributed by atoms with Crippen LogP contribution in [0.15, 0.2) is 41.1 Å². The maximum atomic E-state index is 5.19. The molecule has 20 heavy (non-hydrogen) atoms. The van der Waals surface area contributed by atoms with Gasteiger partial charge in [-0.25, -0.2) is 0 Å². The Labute approximate surface area is 132 Å². The minimum atomic E-state index is 0.634. The molecular formula is C14H17BrN4S. The minimum Gasteiger partial charge on any atom is -0.362 e. The second kappa shape index (κ2) is 7.40. The number of nitrogens with one attached hydrogen (secondary N) is 2. The number of thiocarbonyl (C=S) groups is 1. The summed E-state index contributed by atoms with van der Waals surface area (Å²) in [5.74, 6) is 0. The lowest BCUT2D eigenvalue weighted by Gasteiger charge is -2.07. The molecule has 6 heteroatoms. The van der Waals surface area contributed by atoms with Crippen molar-refractivity contribution < 1.29 is 0 Å². The van der Waals surface area contributed by atoms with Gasteiger partial charge in [0.25, 0.3) is 0 Å². The van der Waals surface area contributed by atoms with Gasteiger partial charge in [-0.1, -0.05) is 35.0 Å². The summed E-state index contributed by atoms with van der Waals surface area (Å²) in [6.45, 7) is 3.72. The monoisotopic (exact) mass is 352 g/mol. The summed E-state index contributed by atoms with van der Waals surface area (Å²) in [4.78, 5) is 0. The largest absolute Gasteiger partial charge is 0.362 e. The minimum absolute atomic E-state index is 0.634. The summed E-state index contributed by atoms with van der Waals surface area (Å²) in [6, 6.07) is 8.21. The average Bonchev–Trinajstić information content (AvgIpc) is 2.86. The Morgan fingerprint density at radius 2 is 2.10 bits per heavy atom. The molecular weight excluding hydrogens is 336 g/mol. The van der Waals surface area contributed by atoms with E-state index in [4.69, 9.17) is 12.2 Å². The van der Waals surface area contributed by atoms with Crippen molar-refractivity contribution in [2.75, 3.05) is 11.9 Å². The van der Waals surface area contributed by atoms with Crippen LogP contribution < -0.4 is 10.6 Å². The normalized spacial score (nSPS) is 10.3. The molecule has 2 rings (SSSR count). The third-order valence-corrected chi connectivity index (χ3v) is 3.46. The summed E-state index contributed by atoms with van der Waals surface area (Å²) in [5.41, 5.74) is 2.10. The smallest absolute Gasteiger partial charge is 0.170 e. The number of nitrogens with zero attached hydrogens (tertiary/aromatic N) is 2. The molecule has 0 radical (unpaired) electrons. The van der Waals surface area contributed by atoms with E-state index in [1.54, 1.807) is 6.20 Å². The van der Waals surface area contributed by atoms with E-state index in [9.17, 15) is 0 Å². The van der Waals surface area contributed by atoms with Gasteiger partial charge >= 0.3 is 0 Å². The van der Waals surface area contributed by atoms with Crippen LogP contribution >= 0.6 is 28.1 Å². The Morgan fingerprint density at radius 3 is 2.80 bits per heavy atom. The SMILES string of the molecule is CCCNC(=S)Nc1cnn(Cc2ccc(Br)cc2)c1. The lowest BCUT2D eigenvalue weighted by Crippen LogP contribution is -2.28. The van der Waals surface area contributed by atoms with Crippen LogP contribution in [0.25, 0.3) is 0 Å². The molecule has 1 aromatic heterocycles. The fourth-order valence-corrected chi connectivity index (χ4v) is 2.19. The Balaban J connectivity index is 1.91. The molecule has 4 nitrogen and oxygen atoms in total. The number of halogens is 1. The Hall–Kier alpha value is -1.40. The summed E-state index contributed by atoms with van der Waals surface area (Å²) < 4.78 is 2.96. The quantitative estimate of drug-likeness (QED) is 0.809. The van der Waals surface area contributed by atoms with E-state index in [-0.39, 0.29) is 0 Å². The molecule has 1 aromatic carbocycles. The number of anilines is 1. The highest BCUT2D eigenvalue weighted by Gasteiger charge is 2.01. The van der Waals surface area contributed by atoms with Crippen molar-refractivity contribution in [1.29, 1.82) is 0 Å². The van der Waals surface area contributed by atoms with Crippen molar-refractivity contribution in [3.8, 4) is 0 Å². The first kappa shape index (κ1) is 15.0. The summed E-state index contributed by atoms with van der Waals surface area (Å²) >= 11 is 8.62. The van der Waals surface area contributed by atoms with Crippen LogP contribution in [0, 0.1) is 0 Å². The summed E-state index contributed by atoms with van der Waals surface area (Å²) in [7, 11) is 0. The van der Waals surface area contributed by atoms with Crippen molar-refractivity contribution in [3.05, 3.63) is 46.7 Å². The van der Waals surface area contributed by atoms with Gasteiger partial charge in [0.2, 0.25) is 0 Å². The Kier molecular flexibility index (Phi) is 5.55. The maximum absolute atomic E-state index is 5.19. The number of hydrogen-bond acceptors (Lipinski definition) is 2. The lowest BCUT2D eigenvalue weighted by molar-refractivity contribution is 0.687. The molecule has 0 bridgehead atoms. The average molecular weight is 353 g/mol. The van der Waals surface area contributed by atoms with E-state index < -0.39 is 0 Å². The van der Waals surface area contributed by atoms with E-state index in [1.807, 2.05) is 23.0 Å². The van der Waals surface area contributed by atoms with Crippen molar-refractivity contribution in [1.82, 2.24) is 15.1 Å². The third-order valence-electron chi connectivity index (χ3n) is 2.68. The zero-order chi connectivity index (χ0) is 14.4. The standard InChI is InChI=1S/C14H17BrN4S/c1-2-7-16-14(20)18-13-8-17-19(10-13)9-11-3-5-12(15)6-4-11/h3-6,8,10H,2,7,9H2,1H3,(H2,16,18,20). The number of benzene rings is 1. The van der Waals surface area contributed by atoms with Crippen molar-refractivity contribution in [2.45, 2.75) is 19.9 Å². The summed E-state index contributed by atoms with van der Waals surface area (Å²) in [5, 5.41) is 11.2. The van der Waals surface area contributed by atoms with Crippen molar-refractivity contribution >= 4 is 38.9 Å². The van der Waals surface area contributed by atoms with Crippen LogP contribution in [0.5, 0.6) is 0 Å². The first-order valence-corrected chi connectivity index (χ1v) is 7.69. The molecule has 0 saturated carbocycles. The van der Waals surface area contributed by atoms with Crippen molar-refractivity contribution in [3.63, 3.8) is 0 Å². The van der Waals surface area contributed by atoms with Crippen LogP contribution in [-0.2, 0) is 6.54 Å². The molecule has 2 N–H and O–H groups in total. The van der Waals surface area contributed by atoms with Crippen LogP contribution in [0.4, 0.5) is 5.69 Å². The number of rotatable bonds is 5. The molecule has 0 amide bonds. The van der Waals surface area contributed by atoms with Crippen molar-refractivity contribution in [2.24, 2.45) is 0 Å². The fraction of sp³-hybridized carbons (Fsp3) is 0.286. The van der Waals surface area contributed by atoms with Crippen LogP contribution in [-0.4, -0.2) is 21.4 Å². The highest BCUT2D eigenvalue weighted by Crippen LogP contribution is 2.12. The molecule has 1 heterocycles. The Morgan fingerprint density at radius 1 is 1.35 bits per heavy atom. The number of hydrogen-bond donors (Lipinski definition) is 2. The first-order valence-electron chi connectivity index (χ1n) is 6.49. The second-order valence-electron chi connectivity index (χ2n) is 4.43. The molecule has 0 spiro atoms. The predicted molar refractivity (Wildman–Crippen MR) is 90.0 cm³/mol. The molecule has 0 aliphatic carbocycles. The van der Waals surface area contributed by atoms with Gasteiger partial charge in [-0.3, -0.25) is 4.68 Å². The molecule has 0 unspecified atom stereocenters. The van der Waals surface area contributed by atoms with E-state index >= 15 is 0 Å². The highest BCUT2D eigenvalue weighted by molar-refractivity contribution is 9.10. The van der Waals surface area contributed by atoms with E-state index in [1.165, 1.54) is 5.56 Å². The van der Waals surface area contributed by atoms with E-state index in [2.05, 4.69) is 50.7 Å². The molecule has 0 saturated heterocycles. The van der Waals surface area contributed by atoms with Gasteiger partial charge in [-0.15, -0.1) is 0 Å². The van der Waals surface area contributed by atoms with Gasteiger partial charge in [-0.05, 0) is 36.3 Å². The first-order chi connectivity index (χ1) is 9.67. The Bertz CT molecular complexity index is 565. The molecule has 0 aliphatic heterocycles. The lowest BCUT2D eigenvalue weighted by atomic mass is 10.2. The maximum Gasteiger partial charge on any atom is 0.170 e. The second-order valence-corrected chi connectivity index (χ2v) is 5.76. The molecule has 0 fully saturated rings. The van der Waals surface area contributed by atoms with Gasteiger partial charge in [0.15, 0.2) is 5.11 Å². The molecule has 106 valence electrons. The van der Waals surface area contributed by atoms with Gasteiger partial charge in [0, 0.05) is 17.2 Å². The van der Waals surface area contributed by atoms with Gasteiger partial charge in [-0.2, -0.15) is 5.10 Å². The molecule has 0 atom stereocenters. The van der Waals surface area contributed by atoms with Crippen LogP contribution in [0.1, 0.15) is 18.9 Å². The van der Waals surface area contributed by atoms with Gasteiger partial charge < -0.3 is 10.6 Å². The van der Waals surface area contributed by atoms with Crippen LogP contribution in [0.3, 0.4) is 0 Å². The topological polar surface area (TPSA) is 41.9 Å². The fourth-order valence-electron chi connectivity index (χ4n) is 1.71. The molecule has 2 aromatic rings. The van der Waals surface area contributed by atoms with Gasteiger partial charge in [0.05, 0.1) is 18.4 Å². The van der Waals surface area contributed by atoms with E-state index in [0.717, 1.165) is 29.7 Å². The van der Waals surface area contributed by atoms with Gasteiger partial charge in [0.1, 0.15) is 0 Å².